The molecule has 1 heterocycles. The second-order valence-electron chi connectivity index (χ2n) is 4.63. The quantitative estimate of drug-likeness (QED) is 0.631. The lowest BCUT2D eigenvalue weighted by molar-refractivity contribution is 0.111. The molecule has 0 spiro atoms. The molecule has 2 aromatic carbocycles. The molecule has 1 aromatic heterocycles. The van der Waals surface area contributed by atoms with Gasteiger partial charge in [0.15, 0.2) is 6.29 Å². The maximum absolute atomic E-state index is 11.3. The number of carbonyl (C=O) groups is 1. The summed E-state index contributed by atoms with van der Waals surface area (Å²) >= 11 is 1.63. The zero-order valence-corrected chi connectivity index (χ0v) is 12.2. The smallest absolute Gasteiger partial charge is 0.153 e. The molecule has 104 valence electrons. The number of aldehydes is 1. The van der Waals surface area contributed by atoms with Crippen LogP contribution >= 0.6 is 11.3 Å². The number of ether oxygens (including phenoxy) is 1. The predicted octanol–water partition coefficient (Wildman–Crippen LogP) is 4.81. The molecule has 0 atom stereocenters. The van der Waals surface area contributed by atoms with E-state index in [-0.39, 0.29) is 0 Å². The molecule has 0 aliphatic carbocycles. The summed E-state index contributed by atoms with van der Waals surface area (Å²) in [7, 11) is 0. The van der Waals surface area contributed by atoms with Crippen molar-refractivity contribution in [2.45, 2.75) is 6.61 Å². The summed E-state index contributed by atoms with van der Waals surface area (Å²) < 4.78 is 5.94. The average Bonchev–Trinajstić information content (AvgIpc) is 3.08. The van der Waals surface area contributed by atoms with Crippen molar-refractivity contribution in [1.29, 1.82) is 0 Å². The van der Waals surface area contributed by atoms with Crippen molar-refractivity contribution >= 4 is 17.6 Å². The van der Waals surface area contributed by atoms with Crippen molar-refractivity contribution in [2.24, 2.45) is 0 Å². The minimum Gasteiger partial charge on any atom is -0.488 e. The number of carbonyl (C=O) groups excluding carboxylic acids is 1. The highest BCUT2D eigenvalue weighted by Gasteiger charge is 2.11. The van der Waals surface area contributed by atoms with E-state index in [1.165, 1.54) is 0 Å². The highest BCUT2D eigenvalue weighted by Crippen LogP contribution is 2.34. The van der Waals surface area contributed by atoms with Crippen LogP contribution in [0.15, 0.2) is 65.4 Å². The molecule has 3 heteroatoms. The van der Waals surface area contributed by atoms with E-state index in [1.807, 2.05) is 53.9 Å². The van der Waals surface area contributed by atoms with Crippen LogP contribution < -0.4 is 4.74 Å². The summed E-state index contributed by atoms with van der Waals surface area (Å²) in [4.78, 5) is 11.3. The third-order valence-corrected chi connectivity index (χ3v) is 3.91. The van der Waals surface area contributed by atoms with Gasteiger partial charge in [-0.2, -0.15) is 11.3 Å². The van der Waals surface area contributed by atoms with Gasteiger partial charge < -0.3 is 4.74 Å². The SMILES string of the molecule is O=Cc1cccc(-c2ccsc2)c1OCc1ccccc1. The number of benzene rings is 2. The van der Waals surface area contributed by atoms with Crippen LogP contribution in [-0.4, -0.2) is 6.29 Å². The Bertz CT molecular complexity index is 718. The second-order valence-corrected chi connectivity index (χ2v) is 5.41. The van der Waals surface area contributed by atoms with Crippen molar-refractivity contribution in [2.75, 3.05) is 0 Å². The van der Waals surface area contributed by atoms with Gasteiger partial charge in [0.2, 0.25) is 0 Å². The van der Waals surface area contributed by atoms with Crippen LogP contribution in [0.5, 0.6) is 5.75 Å². The minimum atomic E-state index is 0.447. The molecule has 0 unspecified atom stereocenters. The molecular formula is C18H14O2S. The molecule has 0 aliphatic rings. The van der Waals surface area contributed by atoms with Gasteiger partial charge in [-0.05, 0) is 34.0 Å². The normalized spacial score (nSPS) is 10.3. The number of para-hydroxylation sites is 1. The Morgan fingerprint density at radius 3 is 2.57 bits per heavy atom. The van der Waals surface area contributed by atoms with Gasteiger partial charge in [-0.3, -0.25) is 4.79 Å². The van der Waals surface area contributed by atoms with E-state index >= 15 is 0 Å². The number of hydrogen-bond donors (Lipinski definition) is 0. The van der Waals surface area contributed by atoms with Gasteiger partial charge in [-0.1, -0.05) is 42.5 Å². The Morgan fingerprint density at radius 2 is 1.86 bits per heavy atom. The molecule has 0 saturated heterocycles. The summed E-state index contributed by atoms with van der Waals surface area (Å²) in [6.07, 6.45) is 0.843. The zero-order chi connectivity index (χ0) is 14.5. The fourth-order valence-corrected chi connectivity index (χ4v) is 2.84. The van der Waals surface area contributed by atoms with Crippen LogP contribution in [0.25, 0.3) is 11.1 Å². The third-order valence-electron chi connectivity index (χ3n) is 3.23. The summed E-state index contributed by atoms with van der Waals surface area (Å²) in [6, 6.07) is 17.6. The number of hydrogen-bond acceptors (Lipinski definition) is 3. The Kier molecular flexibility index (Phi) is 4.12. The van der Waals surface area contributed by atoms with Crippen molar-refractivity contribution in [3.63, 3.8) is 0 Å². The van der Waals surface area contributed by atoms with Crippen LogP contribution in [0.1, 0.15) is 15.9 Å². The monoisotopic (exact) mass is 294 g/mol. The molecule has 0 bridgehead atoms. The first-order chi connectivity index (χ1) is 10.4. The molecule has 0 amide bonds. The van der Waals surface area contributed by atoms with E-state index in [4.69, 9.17) is 4.74 Å². The van der Waals surface area contributed by atoms with Crippen molar-refractivity contribution in [3.8, 4) is 16.9 Å². The largest absolute Gasteiger partial charge is 0.488 e. The fourth-order valence-electron chi connectivity index (χ4n) is 2.18. The summed E-state index contributed by atoms with van der Waals surface area (Å²) in [5.41, 5.74) is 3.69. The first kappa shape index (κ1) is 13.6. The summed E-state index contributed by atoms with van der Waals surface area (Å²) in [5.74, 6) is 0.648. The first-order valence-corrected chi connectivity index (χ1v) is 7.60. The van der Waals surface area contributed by atoms with E-state index in [0.717, 1.165) is 23.0 Å². The summed E-state index contributed by atoms with van der Waals surface area (Å²) in [5, 5.41) is 4.07. The van der Waals surface area contributed by atoms with Crippen LogP contribution in [0.2, 0.25) is 0 Å². The molecular weight excluding hydrogens is 280 g/mol. The predicted molar refractivity (Wildman–Crippen MR) is 85.9 cm³/mol. The first-order valence-electron chi connectivity index (χ1n) is 6.66. The maximum Gasteiger partial charge on any atom is 0.153 e. The highest BCUT2D eigenvalue weighted by molar-refractivity contribution is 7.08. The lowest BCUT2D eigenvalue weighted by Crippen LogP contribution is -2.00. The average molecular weight is 294 g/mol. The van der Waals surface area contributed by atoms with E-state index < -0.39 is 0 Å². The lowest BCUT2D eigenvalue weighted by atomic mass is 10.0. The third kappa shape index (κ3) is 3.03. The Hall–Kier alpha value is -2.39. The van der Waals surface area contributed by atoms with Crippen LogP contribution in [-0.2, 0) is 6.61 Å². The number of thiophene rings is 1. The number of rotatable bonds is 5. The van der Waals surface area contributed by atoms with Gasteiger partial charge in [0.05, 0.1) is 5.56 Å². The van der Waals surface area contributed by atoms with E-state index in [9.17, 15) is 4.79 Å². The highest BCUT2D eigenvalue weighted by atomic mass is 32.1. The lowest BCUT2D eigenvalue weighted by Gasteiger charge is -2.13. The maximum atomic E-state index is 11.3. The van der Waals surface area contributed by atoms with Crippen LogP contribution in [0, 0.1) is 0 Å². The van der Waals surface area contributed by atoms with Gasteiger partial charge in [0, 0.05) is 5.56 Å². The van der Waals surface area contributed by atoms with Crippen LogP contribution in [0.3, 0.4) is 0 Å². The van der Waals surface area contributed by atoms with Gasteiger partial charge in [-0.25, -0.2) is 0 Å². The topological polar surface area (TPSA) is 26.3 Å². The fraction of sp³-hybridized carbons (Fsp3) is 0.0556. The molecule has 0 saturated carbocycles. The van der Waals surface area contributed by atoms with E-state index in [2.05, 4.69) is 5.38 Å². The van der Waals surface area contributed by atoms with Crippen molar-refractivity contribution in [3.05, 3.63) is 76.5 Å². The molecule has 0 aliphatic heterocycles. The summed E-state index contributed by atoms with van der Waals surface area (Å²) in [6.45, 7) is 0.447. The minimum absolute atomic E-state index is 0.447. The molecule has 3 aromatic rings. The van der Waals surface area contributed by atoms with E-state index in [1.54, 1.807) is 17.4 Å². The van der Waals surface area contributed by atoms with Gasteiger partial charge in [0.25, 0.3) is 0 Å². The molecule has 2 nitrogen and oxygen atoms in total. The Morgan fingerprint density at radius 1 is 1.00 bits per heavy atom. The molecule has 0 N–H and O–H groups in total. The van der Waals surface area contributed by atoms with Crippen LogP contribution in [0.4, 0.5) is 0 Å². The van der Waals surface area contributed by atoms with E-state index in [0.29, 0.717) is 17.9 Å². The molecule has 0 radical (unpaired) electrons. The van der Waals surface area contributed by atoms with Gasteiger partial charge >= 0.3 is 0 Å². The van der Waals surface area contributed by atoms with Gasteiger partial charge in [-0.15, -0.1) is 0 Å². The van der Waals surface area contributed by atoms with Crippen molar-refractivity contribution in [1.82, 2.24) is 0 Å². The molecule has 21 heavy (non-hydrogen) atoms. The second kappa shape index (κ2) is 6.37. The standard InChI is InChI=1S/C18H14O2S/c19-11-15-7-4-8-17(16-9-10-21-13-16)18(15)20-12-14-5-2-1-3-6-14/h1-11,13H,12H2. The molecule has 0 fully saturated rings. The van der Waals surface area contributed by atoms with Crippen molar-refractivity contribution < 1.29 is 9.53 Å². The zero-order valence-electron chi connectivity index (χ0n) is 11.4. The Balaban J connectivity index is 1.94. The Labute approximate surface area is 127 Å². The molecule has 3 rings (SSSR count). The van der Waals surface area contributed by atoms with Gasteiger partial charge in [0.1, 0.15) is 12.4 Å².